The van der Waals surface area contributed by atoms with Gasteiger partial charge in [-0.3, -0.25) is 0 Å². The first-order valence-electron chi connectivity index (χ1n) is 5.76. The minimum absolute atomic E-state index is 0.310. The number of hydrogen-bond acceptors (Lipinski definition) is 3. The van der Waals surface area contributed by atoms with Crippen LogP contribution in [0.25, 0.3) is 0 Å². The lowest BCUT2D eigenvalue weighted by Gasteiger charge is -2.33. The van der Waals surface area contributed by atoms with Crippen LogP contribution < -0.4 is 5.73 Å². The highest BCUT2D eigenvalue weighted by Crippen LogP contribution is 2.39. The van der Waals surface area contributed by atoms with Crippen LogP contribution >= 0.6 is 0 Å². The summed E-state index contributed by atoms with van der Waals surface area (Å²) in [7, 11) is 0. The predicted molar refractivity (Wildman–Crippen MR) is 57.2 cm³/mol. The van der Waals surface area contributed by atoms with Crippen LogP contribution in [0.4, 0.5) is 0 Å². The zero-order valence-electron chi connectivity index (χ0n) is 9.17. The molecule has 14 heavy (non-hydrogen) atoms. The summed E-state index contributed by atoms with van der Waals surface area (Å²) in [4.78, 5) is 2.52. The molecule has 82 valence electrons. The third-order valence-corrected chi connectivity index (χ3v) is 3.62. The maximum atomic E-state index is 5.82. The van der Waals surface area contributed by atoms with Gasteiger partial charge >= 0.3 is 0 Å². The number of nitrogens with two attached hydrogens (primary N) is 1. The van der Waals surface area contributed by atoms with Crippen molar-refractivity contribution in [3.05, 3.63) is 0 Å². The van der Waals surface area contributed by atoms with E-state index in [1.165, 1.54) is 32.4 Å². The van der Waals surface area contributed by atoms with Crippen molar-refractivity contribution in [1.29, 1.82) is 0 Å². The Labute approximate surface area is 86.6 Å². The van der Waals surface area contributed by atoms with Gasteiger partial charge in [0, 0.05) is 32.3 Å². The third-order valence-electron chi connectivity index (χ3n) is 3.62. The van der Waals surface area contributed by atoms with Crippen LogP contribution in [0.15, 0.2) is 0 Å². The first-order valence-corrected chi connectivity index (χ1v) is 5.76. The van der Waals surface area contributed by atoms with Crippen LogP contribution in [0.2, 0.25) is 0 Å². The van der Waals surface area contributed by atoms with E-state index in [0.29, 0.717) is 11.5 Å². The van der Waals surface area contributed by atoms with Crippen LogP contribution in [0.3, 0.4) is 0 Å². The highest BCUT2D eigenvalue weighted by atomic mass is 16.5. The standard InChI is InChI=1S/C11H22N2O/c1-10(12)8-13-5-2-11(9-13)3-6-14-7-4-11/h10H,2-9,12H2,1H3/t10-/m0/s1. The summed E-state index contributed by atoms with van der Waals surface area (Å²) in [6.45, 7) is 7.56. The predicted octanol–water partition coefficient (Wildman–Crippen LogP) is 0.836. The summed E-state index contributed by atoms with van der Waals surface area (Å²) >= 11 is 0. The van der Waals surface area contributed by atoms with Gasteiger partial charge in [0.25, 0.3) is 0 Å². The molecule has 0 aromatic rings. The smallest absolute Gasteiger partial charge is 0.0471 e. The Bertz CT molecular complexity index is 188. The number of rotatable bonds is 2. The molecule has 3 heteroatoms. The molecule has 0 aromatic heterocycles. The molecule has 1 spiro atoms. The lowest BCUT2D eigenvalue weighted by atomic mass is 9.80. The van der Waals surface area contributed by atoms with E-state index in [1.54, 1.807) is 0 Å². The summed E-state index contributed by atoms with van der Waals surface area (Å²) in [5.74, 6) is 0. The molecule has 0 aromatic carbocycles. The molecule has 2 rings (SSSR count). The number of hydrogen-bond donors (Lipinski definition) is 1. The molecule has 0 unspecified atom stereocenters. The SMILES string of the molecule is C[C@H](N)CN1CCC2(CCOCC2)C1. The van der Waals surface area contributed by atoms with Gasteiger partial charge in [0.1, 0.15) is 0 Å². The Kier molecular flexibility index (Phi) is 3.10. The van der Waals surface area contributed by atoms with E-state index in [9.17, 15) is 0 Å². The van der Waals surface area contributed by atoms with Gasteiger partial charge in [-0.15, -0.1) is 0 Å². The van der Waals surface area contributed by atoms with Crippen molar-refractivity contribution < 1.29 is 4.74 Å². The fourth-order valence-corrected chi connectivity index (χ4v) is 2.80. The van der Waals surface area contributed by atoms with E-state index >= 15 is 0 Å². The van der Waals surface area contributed by atoms with E-state index < -0.39 is 0 Å². The summed E-state index contributed by atoms with van der Waals surface area (Å²) < 4.78 is 5.43. The Morgan fingerprint density at radius 3 is 2.71 bits per heavy atom. The molecular weight excluding hydrogens is 176 g/mol. The molecule has 2 aliphatic rings. The van der Waals surface area contributed by atoms with E-state index in [0.717, 1.165) is 19.8 Å². The van der Waals surface area contributed by atoms with Crippen molar-refractivity contribution in [3.63, 3.8) is 0 Å². The molecule has 0 aliphatic carbocycles. The molecule has 2 heterocycles. The Hall–Kier alpha value is -0.120. The van der Waals surface area contributed by atoms with E-state index in [2.05, 4.69) is 11.8 Å². The first-order chi connectivity index (χ1) is 6.70. The molecule has 2 fully saturated rings. The fraction of sp³-hybridized carbons (Fsp3) is 1.00. The van der Waals surface area contributed by atoms with Crippen molar-refractivity contribution in [2.24, 2.45) is 11.1 Å². The fourth-order valence-electron chi connectivity index (χ4n) is 2.80. The van der Waals surface area contributed by atoms with Gasteiger partial charge in [0.15, 0.2) is 0 Å². The third kappa shape index (κ3) is 2.27. The van der Waals surface area contributed by atoms with Crippen LogP contribution in [0, 0.1) is 5.41 Å². The van der Waals surface area contributed by atoms with Gasteiger partial charge in [-0.25, -0.2) is 0 Å². The second-order valence-corrected chi connectivity index (χ2v) is 5.07. The largest absolute Gasteiger partial charge is 0.381 e. The number of ether oxygens (including phenoxy) is 1. The van der Waals surface area contributed by atoms with Gasteiger partial charge in [-0.2, -0.15) is 0 Å². The molecule has 2 N–H and O–H groups in total. The second kappa shape index (κ2) is 4.17. The second-order valence-electron chi connectivity index (χ2n) is 5.07. The highest BCUT2D eigenvalue weighted by Gasteiger charge is 2.39. The van der Waals surface area contributed by atoms with E-state index in [1.807, 2.05) is 0 Å². The maximum Gasteiger partial charge on any atom is 0.0471 e. The van der Waals surface area contributed by atoms with Crippen LogP contribution in [-0.2, 0) is 4.74 Å². The van der Waals surface area contributed by atoms with Crippen molar-refractivity contribution in [1.82, 2.24) is 4.90 Å². The zero-order valence-corrected chi connectivity index (χ0v) is 9.17. The Balaban J connectivity index is 1.86. The van der Waals surface area contributed by atoms with Gasteiger partial charge in [0.2, 0.25) is 0 Å². The Morgan fingerprint density at radius 2 is 2.07 bits per heavy atom. The number of nitrogens with zero attached hydrogens (tertiary/aromatic N) is 1. The average molecular weight is 198 g/mol. The van der Waals surface area contributed by atoms with Crippen molar-refractivity contribution in [2.45, 2.75) is 32.2 Å². The number of likely N-dealkylation sites (tertiary alicyclic amines) is 1. The molecule has 0 amide bonds. The minimum Gasteiger partial charge on any atom is -0.381 e. The summed E-state index contributed by atoms with van der Waals surface area (Å²) in [6, 6.07) is 0.310. The first kappa shape index (κ1) is 10.4. The summed E-state index contributed by atoms with van der Waals surface area (Å²) in [5.41, 5.74) is 6.40. The molecule has 0 radical (unpaired) electrons. The topological polar surface area (TPSA) is 38.5 Å². The molecule has 0 saturated carbocycles. The molecule has 1 atom stereocenters. The van der Waals surface area contributed by atoms with Crippen molar-refractivity contribution in [3.8, 4) is 0 Å². The van der Waals surface area contributed by atoms with Gasteiger partial charge in [-0.1, -0.05) is 0 Å². The van der Waals surface area contributed by atoms with Crippen LogP contribution in [0.5, 0.6) is 0 Å². The summed E-state index contributed by atoms with van der Waals surface area (Å²) in [5, 5.41) is 0. The maximum absolute atomic E-state index is 5.82. The highest BCUT2D eigenvalue weighted by molar-refractivity contribution is 4.91. The minimum atomic E-state index is 0.310. The normalized spacial score (nSPS) is 29.6. The van der Waals surface area contributed by atoms with E-state index in [-0.39, 0.29) is 0 Å². The van der Waals surface area contributed by atoms with Crippen molar-refractivity contribution in [2.75, 3.05) is 32.8 Å². The van der Waals surface area contributed by atoms with Crippen molar-refractivity contribution >= 4 is 0 Å². The van der Waals surface area contributed by atoms with Gasteiger partial charge in [-0.05, 0) is 38.1 Å². The Morgan fingerprint density at radius 1 is 1.36 bits per heavy atom. The average Bonchev–Trinajstić information content (AvgIpc) is 2.49. The van der Waals surface area contributed by atoms with Gasteiger partial charge in [0.05, 0.1) is 0 Å². The zero-order chi connectivity index (χ0) is 10.0. The monoisotopic (exact) mass is 198 g/mol. The molecule has 2 saturated heterocycles. The molecule has 0 bridgehead atoms. The van der Waals surface area contributed by atoms with Crippen LogP contribution in [0.1, 0.15) is 26.2 Å². The molecular formula is C11H22N2O. The summed E-state index contributed by atoms with van der Waals surface area (Å²) in [6.07, 6.45) is 3.86. The molecule has 3 nitrogen and oxygen atoms in total. The van der Waals surface area contributed by atoms with Gasteiger partial charge < -0.3 is 15.4 Å². The van der Waals surface area contributed by atoms with Crippen LogP contribution in [-0.4, -0.2) is 43.8 Å². The molecule has 2 aliphatic heterocycles. The lowest BCUT2D eigenvalue weighted by Crippen LogP contribution is -2.37. The van der Waals surface area contributed by atoms with E-state index in [4.69, 9.17) is 10.5 Å². The quantitative estimate of drug-likeness (QED) is 0.714. The lowest BCUT2D eigenvalue weighted by molar-refractivity contribution is 0.0192.